The number of halogens is 1. The number of nitrogens with zero attached hydrogens (tertiary/aromatic N) is 1. The van der Waals surface area contributed by atoms with Gasteiger partial charge in [-0.3, -0.25) is 4.79 Å². The van der Waals surface area contributed by atoms with Crippen LogP contribution in [0.3, 0.4) is 0 Å². The molecule has 0 spiro atoms. The third kappa shape index (κ3) is 4.66. The highest BCUT2D eigenvalue weighted by Crippen LogP contribution is 2.34. The van der Waals surface area contributed by atoms with E-state index in [4.69, 9.17) is 16.3 Å². The lowest BCUT2D eigenvalue weighted by molar-refractivity contribution is -0.108. The van der Waals surface area contributed by atoms with Crippen LogP contribution in [0.1, 0.15) is 12.0 Å². The Morgan fingerprint density at radius 3 is 2.54 bits per heavy atom. The number of benzene rings is 2. The molecule has 2 aromatic rings. The summed E-state index contributed by atoms with van der Waals surface area (Å²) in [5.74, 6) is 0.821. The van der Waals surface area contributed by atoms with E-state index in [9.17, 15) is 4.79 Å². The minimum Gasteiger partial charge on any atom is -0.497 e. The number of methoxy groups -OCH3 is 1. The van der Waals surface area contributed by atoms with E-state index in [1.807, 2.05) is 44.4 Å². The van der Waals surface area contributed by atoms with Gasteiger partial charge in [0.05, 0.1) is 18.4 Å². The van der Waals surface area contributed by atoms with Crippen molar-refractivity contribution in [2.24, 2.45) is 0 Å². The second kappa shape index (κ2) is 9.13. The summed E-state index contributed by atoms with van der Waals surface area (Å²) >= 11 is 5.87. The summed E-state index contributed by atoms with van der Waals surface area (Å²) in [5.41, 5.74) is 5.51. The van der Waals surface area contributed by atoms with Gasteiger partial charge in [0.1, 0.15) is 5.75 Å². The van der Waals surface area contributed by atoms with Crippen LogP contribution in [0.4, 0.5) is 5.69 Å². The van der Waals surface area contributed by atoms with Crippen LogP contribution in [0.25, 0.3) is 16.8 Å². The maximum Gasteiger partial charge on any atom is 0.252 e. The summed E-state index contributed by atoms with van der Waals surface area (Å²) in [6.45, 7) is 2.17. The molecule has 6 heteroatoms. The van der Waals surface area contributed by atoms with Gasteiger partial charge in [0, 0.05) is 24.3 Å². The van der Waals surface area contributed by atoms with E-state index in [1.165, 1.54) is 0 Å². The Bertz CT molecular complexity index is 876. The van der Waals surface area contributed by atoms with Crippen LogP contribution in [0.5, 0.6) is 5.75 Å². The number of rotatable bonds is 8. The van der Waals surface area contributed by atoms with Crippen molar-refractivity contribution in [2.45, 2.75) is 6.42 Å². The Morgan fingerprint density at radius 2 is 1.89 bits per heavy atom. The Kier molecular flexibility index (Phi) is 6.60. The fourth-order valence-electron chi connectivity index (χ4n) is 3.28. The molecule has 0 radical (unpaired) electrons. The van der Waals surface area contributed by atoms with Gasteiger partial charge in [0.2, 0.25) is 0 Å². The van der Waals surface area contributed by atoms with Crippen LogP contribution in [0.2, 0.25) is 0 Å². The van der Waals surface area contributed by atoms with Gasteiger partial charge in [-0.15, -0.1) is 0 Å². The molecule has 1 aliphatic rings. The summed E-state index contributed by atoms with van der Waals surface area (Å²) in [4.78, 5) is 14.1. The molecule has 0 fully saturated rings. The largest absolute Gasteiger partial charge is 0.497 e. The molecule has 0 amide bonds. The summed E-state index contributed by atoms with van der Waals surface area (Å²) in [6.07, 6.45) is 0.973. The van der Waals surface area contributed by atoms with Crippen LogP contribution in [0, 0.1) is 0 Å². The van der Waals surface area contributed by atoms with Crippen molar-refractivity contribution >= 4 is 28.2 Å². The molecular weight excluding hydrogens is 374 g/mol. The topological polar surface area (TPSA) is 53.6 Å². The first-order valence-electron chi connectivity index (χ1n) is 9.34. The molecule has 0 aromatic heterocycles. The van der Waals surface area contributed by atoms with Gasteiger partial charge in [-0.1, -0.05) is 18.2 Å². The predicted octanol–water partition coefficient (Wildman–Crippen LogP) is 3.81. The highest BCUT2D eigenvalue weighted by Gasteiger charge is 2.22. The normalized spacial score (nSPS) is 13.2. The van der Waals surface area contributed by atoms with E-state index in [0.29, 0.717) is 12.1 Å². The Hall–Kier alpha value is -2.50. The van der Waals surface area contributed by atoms with Gasteiger partial charge >= 0.3 is 0 Å². The average molecular weight is 400 g/mol. The third-order valence-electron chi connectivity index (χ3n) is 4.79. The molecule has 0 unspecified atom stereocenters. The number of carbonyl (C=O) groups is 1. The van der Waals surface area contributed by atoms with Crippen molar-refractivity contribution in [3.63, 3.8) is 0 Å². The maximum atomic E-state index is 12.0. The van der Waals surface area contributed by atoms with Gasteiger partial charge in [-0.2, -0.15) is 0 Å². The lowest BCUT2D eigenvalue weighted by atomic mass is 9.95. The first-order chi connectivity index (χ1) is 13.5. The molecule has 1 heterocycles. The first-order valence-corrected chi connectivity index (χ1v) is 9.71. The smallest absolute Gasteiger partial charge is 0.252 e. The van der Waals surface area contributed by atoms with Crippen LogP contribution in [0.15, 0.2) is 48.0 Å². The van der Waals surface area contributed by atoms with E-state index in [0.717, 1.165) is 53.3 Å². The summed E-state index contributed by atoms with van der Waals surface area (Å²) < 4.78 is 5.24. The molecular formula is C22H26ClN3O2. The van der Waals surface area contributed by atoms with Crippen molar-refractivity contribution in [3.8, 4) is 16.9 Å². The Balaban J connectivity index is 1.92. The van der Waals surface area contributed by atoms with Gasteiger partial charge in [0.25, 0.3) is 5.24 Å². The minimum atomic E-state index is -0.428. The molecule has 0 atom stereocenters. The maximum absolute atomic E-state index is 12.0. The monoisotopic (exact) mass is 399 g/mol. The molecule has 2 N–H and O–H groups in total. The standard InChI is InChI=1S/C22H26ClN3O2/c1-26(2)12-4-11-24-21-18-13-16(15-5-8-17(28-3)9-6-15)7-10-20(18)25-14-19(21)22(23)27/h5-10,13,24-25H,4,11-12,14H2,1-3H3. The van der Waals surface area contributed by atoms with Crippen molar-refractivity contribution in [1.82, 2.24) is 10.2 Å². The highest BCUT2D eigenvalue weighted by molar-refractivity contribution is 6.68. The Morgan fingerprint density at radius 1 is 1.18 bits per heavy atom. The number of nitrogens with one attached hydrogen (secondary N) is 2. The quantitative estimate of drug-likeness (QED) is 0.522. The zero-order chi connectivity index (χ0) is 20.1. The van der Waals surface area contributed by atoms with Crippen LogP contribution in [-0.2, 0) is 4.79 Å². The molecule has 0 saturated carbocycles. The molecule has 3 rings (SSSR count). The molecule has 1 aliphatic heterocycles. The van der Waals surface area contributed by atoms with E-state index >= 15 is 0 Å². The second-order valence-corrected chi connectivity index (χ2v) is 7.40. The number of hydrogen-bond donors (Lipinski definition) is 2. The fourth-order valence-corrected chi connectivity index (χ4v) is 3.44. The van der Waals surface area contributed by atoms with Crippen LogP contribution < -0.4 is 15.4 Å². The lowest BCUT2D eigenvalue weighted by Gasteiger charge is -2.25. The molecule has 0 aliphatic carbocycles. The van der Waals surface area contributed by atoms with E-state index < -0.39 is 5.24 Å². The third-order valence-corrected chi connectivity index (χ3v) is 5.02. The van der Waals surface area contributed by atoms with Crippen molar-refractivity contribution < 1.29 is 9.53 Å². The van der Waals surface area contributed by atoms with Crippen LogP contribution in [-0.4, -0.2) is 51.0 Å². The zero-order valence-corrected chi connectivity index (χ0v) is 17.3. The van der Waals surface area contributed by atoms with Gasteiger partial charge in [-0.25, -0.2) is 0 Å². The number of anilines is 1. The molecule has 5 nitrogen and oxygen atoms in total. The molecule has 0 bridgehead atoms. The summed E-state index contributed by atoms with van der Waals surface area (Å²) in [5, 5.41) is 6.32. The highest BCUT2D eigenvalue weighted by atomic mass is 35.5. The summed E-state index contributed by atoms with van der Waals surface area (Å²) in [7, 11) is 5.76. The molecule has 2 aromatic carbocycles. The minimum absolute atomic E-state index is 0.424. The zero-order valence-electron chi connectivity index (χ0n) is 16.5. The fraction of sp³-hybridized carbons (Fsp3) is 0.318. The number of ether oxygens (including phenoxy) is 1. The first kappa shape index (κ1) is 20.2. The van der Waals surface area contributed by atoms with E-state index in [1.54, 1.807) is 7.11 Å². The number of hydrogen-bond acceptors (Lipinski definition) is 5. The van der Waals surface area contributed by atoms with Crippen LogP contribution >= 0.6 is 11.6 Å². The number of fused-ring (bicyclic) bond motifs is 1. The van der Waals surface area contributed by atoms with E-state index in [2.05, 4.69) is 27.7 Å². The van der Waals surface area contributed by atoms with Gasteiger partial charge < -0.3 is 20.3 Å². The SMILES string of the molecule is COc1ccc(-c2ccc3c(c2)C(NCCCN(C)C)=C(C(=O)Cl)CN3)cc1. The molecule has 28 heavy (non-hydrogen) atoms. The predicted molar refractivity (Wildman–Crippen MR) is 116 cm³/mol. The number of carbonyl (C=O) groups excluding carboxylic acids is 1. The van der Waals surface area contributed by atoms with Crippen molar-refractivity contribution in [3.05, 3.63) is 53.6 Å². The van der Waals surface area contributed by atoms with E-state index in [-0.39, 0.29) is 0 Å². The Labute approximate surface area is 171 Å². The van der Waals surface area contributed by atoms with Gasteiger partial charge in [0.15, 0.2) is 0 Å². The van der Waals surface area contributed by atoms with Crippen molar-refractivity contribution in [2.75, 3.05) is 46.2 Å². The molecule has 148 valence electrons. The summed E-state index contributed by atoms with van der Waals surface area (Å²) in [6, 6.07) is 14.2. The van der Waals surface area contributed by atoms with Gasteiger partial charge in [-0.05, 0) is 74.1 Å². The second-order valence-electron chi connectivity index (χ2n) is 7.05. The molecule has 0 saturated heterocycles. The van der Waals surface area contributed by atoms with Crippen molar-refractivity contribution in [1.29, 1.82) is 0 Å². The average Bonchev–Trinajstić information content (AvgIpc) is 2.70. The lowest BCUT2D eigenvalue weighted by Crippen LogP contribution is -2.27.